The van der Waals surface area contributed by atoms with Crippen LogP contribution < -0.4 is 0 Å². The van der Waals surface area contributed by atoms with Crippen LogP contribution >= 0.6 is 0 Å². The highest BCUT2D eigenvalue weighted by Crippen LogP contribution is 2.69. The van der Waals surface area contributed by atoms with E-state index in [1.807, 2.05) is 0 Å². The third-order valence-corrected chi connectivity index (χ3v) is 9.68. The van der Waals surface area contributed by atoms with Gasteiger partial charge in [-0.3, -0.25) is 4.79 Å². The first-order valence-electron chi connectivity index (χ1n) is 11.0. The molecule has 0 aromatic heterocycles. The molecular formula is C23H39NO. The second-order valence-electron chi connectivity index (χ2n) is 11.0. The minimum atomic E-state index is 0.352. The predicted molar refractivity (Wildman–Crippen MR) is 103 cm³/mol. The fourth-order valence-corrected chi connectivity index (χ4v) is 8.40. The normalized spacial score (nSPS) is 52.5. The van der Waals surface area contributed by atoms with Gasteiger partial charge in [0.2, 0.25) is 5.91 Å². The van der Waals surface area contributed by atoms with E-state index in [-0.39, 0.29) is 0 Å². The summed E-state index contributed by atoms with van der Waals surface area (Å²) in [5.41, 5.74) is 1.38. The quantitative estimate of drug-likeness (QED) is 0.632. The molecule has 1 saturated heterocycles. The van der Waals surface area contributed by atoms with Crippen molar-refractivity contribution in [2.45, 2.75) is 97.9 Å². The molecule has 3 saturated carbocycles. The average molecular weight is 346 g/mol. The number of carbonyl (C=O) groups excluding carboxylic acids is 1. The molecule has 0 aromatic rings. The molecule has 0 bridgehead atoms. The number of fused-ring (bicyclic) bond motifs is 5. The number of amides is 1. The maximum absolute atomic E-state index is 12.5. The average Bonchev–Trinajstić information content (AvgIpc) is 2.95. The van der Waals surface area contributed by atoms with Crippen molar-refractivity contribution < 1.29 is 4.79 Å². The van der Waals surface area contributed by atoms with Gasteiger partial charge in [0.15, 0.2) is 0 Å². The molecule has 2 heteroatoms. The van der Waals surface area contributed by atoms with E-state index in [0.29, 0.717) is 28.2 Å². The highest BCUT2D eigenvalue weighted by Gasteiger charge is 2.64. The number of piperidine rings is 1. The van der Waals surface area contributed by atoms with Crippen LogP contribution in [0.15, 0.2) is 0 Å². The lowest BCUT2D eigenvalue weighted by Crippen LogP contribution is -2.65. The van der Waals surface area contributed by atoms with Gasteiger partial charge >= 0.3 is 0 Å². The number of rotatable bonds is 2. The van der Waals surface area contributed by atoms with Crippen LogP contribution in [0, 0.1) is 34.0 Å². The maximum atomic E-state index is 12.5. The van der Waals surface area contributed by atoms with Gasteiger partial charge in [0.1, 0.15) is 0 Å². The summed E-state index contributed by atoms with van der Waals surface area (Å²) in [6.45, 7) is 10.1. The topological polar surface area (TPSA) is 20.3 Å². The van der Waals surface area contributed by atoms with Gasteiger partial charge < -0.3 is 4.90 Å². The molecule has 0 aromatic carbocycles. The highest BCUT2D eigenvalue weighted by atomic mass is 16.2. The molecule has 1 heterocycles. The van der Waals surface area contributed by atoms with E-state index in [1.54, 1.807) is 0 Å². The first-order chi connectivity index (χ1) is 11.8. The Balaban J connectivity index is 1.78. The van der Waals surface area contributed by atoms with E-state index in [0.717, 1.165) is 30.6 Å². The molecule has 4 rings (SSSR count). The van der Waals surface area contributed by atoms with Gasteiger partial charge in [-0.2, -0.15) is 0 Å². The molecule has 3 aliphatic carbocycles. The summed E-state index contributed by atoms with van der Waals surface area (Å²) in [5.74, 6) is 3.04. The standard InChI is InChI=1S/C23H39NO/c1-6-11-22(3)15-18-23(4,14-10-19(25)24(18)5)17-9-13-21(2)12-7-8-16(21)20(17)22/h16-18,20H,6-15H2,1-5H3/t16-,17-,18+,20-,21-,22-,23+/m0/s1. The van der Waals surface area contributed by atoms with Gasteiger partial charge in [-0.15, -0.1) is 0 Å². The number of nitrogens with zero attached hydrogens (tertiary/aromatic N) is 1. The lowest BCUT2D eigenvalue weighted by atomic mass is 9.41. The molecule has 7 atom stereocenters. The summed E-state index contributed by atoms with van der Waals surface area (Å²) in [6.07, 6.45) is 13.0. The van der Waals surface area contributed by atoms with Gasteiger partial charge in [0.05, 0.1) is 0 Å². The smallest absolute Gasteiger partial charge is 0.222 e. The Morgan fingerprint density at radius 1 is 1.08 bits per heavy atom. The minimum absolute atomic E-state index is 0.352. The summed E-state index contributed by atoms with van der Waals surface area (Å²) in [6, 6.07) is 0.470. The van der Waals surface area contributed by atoms with Crippen LogP contribution in [-0.2, 0) is 4.79 Å². The van der Waals surface area contributed by atoms with Crippen molar-refractivity contribution in [2.24, 2.45) is 34.0 Å². The zero-order chi connectivity index (χ0) is 18.0. The Morgan fingerprint density at radius 3 is 2.56 bits per heavy atom. The van der Waals surface area contributed by atoms with Crippen molar-refractivity contribution in [1.82, 2.24) is 4.90 Å². The van der Waals surface area contributed by atoms with Gasteiger partial charge in [0, 0.05) is 19.5 Å². The molecule has 0 N–H and O–H groups in total. The molecular weight excluding hydrogens is 306 g/mol. The summed E-state index contributed by atoms with van der Waals surface area (Å²) in [5, 5.41) is 0. The highest BCUT2D eigenvalue weighted by molar-refractivity contribution is 5.77. The van der Waals surface area contributed by atoms with E-state index in [4.69, 9.17) is 0 Å². The van der Waals surface area contributed by atoms with Crippen molar-refractivity contribution in [3.8, 4) is 0 Å². The summed E-state index contributed by atoms with van der Waals surface area (Å²) in [7, 11) is 2.10. The maximum Gasteiger partial charge on any atom is 0.222 e. The van der Waals surface area contributed by atoms with Crippen LogP contribution in [0.3, 0.4) is 0 Å². The zero-order valence-corrected chi connectivity index (χ0v) is 17.2. The first kappa shape index (κ1) is 17.9. The zero-order valence-electron chi connectivity index (χ0n) is 17.2. The Hall–Kier alpha value is -0.530. The predicted octanol–water partition coefficient (Wildman–Crippen LogP) is 5.66. The third-order valence-electron chi connectivity index (χ3n) is 9.68. The van der Waals surface area contributed by atoms with E-state index in [2.05, 4.69) is 39.6 Å². The monoisotopic (exact) mass is 345 g/mol. The molecule has 0 radical (unpaired) electrons. The fourth-order valence-electron chi connectivity index (χ4n) is 8.40. The van der Waals surface area contributed by atoms with Crippen LogP contribution in [0.5, 0.6) is 0 Å². The van der Waals surface area contributed by atoms with E-state index < -0.39 is 0 Å². The molecule has 2 nitrogen and oxygen atoms in total. The van der Waals surface area contributed by atoms with Crippen LogP contribution in [-0.4, -0.2) is 23.9 Å². The molecule has 4 fully saturated rings. The molecule has 25 heavy (non-hydrogen) atoms. The van der Waals surface area contributed by atoms with Crippen molar-refractivity contribution in [2.75, 3.05) is 7.05 Å². The van der Waals surface area contributed by atoms with Crippen molar-refractivity contribution >= 4 is 5.91 Å². The third kappa shape index (κ3) is 2.38. The Labute approximate surface area is 155 Å². The minimum Gasteiger partial charge on any atom is -0.342 e. The Morgan fingerprint density at radius 2 is 1.84 bits per heavy atom. The number of hydrogen-bond donors (Lipinski definition) is 0. The van der Waals surface area contributed by atoms with Crippen LogP contribution in [0.4, 0.5) is 0 Å². The molecule has 1 amide bonds. The molecule has 4 aliphatic rings. The van der Waals surface area contributed by atoms with Gasteiger partial charge in [-0.25, -0.2) is 0 Å². The Bertz CT molecular complexity index is 558. The van der Waals surface area contributed by atoms with E-state index in [9.17, 15) is 4.79 Å². The van der Waals surface area contributed by atoms with Crippen molar-refractivity contribution in [3.63, 3.8) is 0 Å². The molecule has 0 unspecified atom stereocenters. The lowest BCUT2D eigenvalue weighted by molar-refractivity contribution is -0.184. The van der Waals surface area contributed by atoms with Crippen molar-refractivity contribution in [1.29, 1.82) is 0 Å². The van der Waals surface area contributed by atoms with Gasteiger partial charge in [-0.1, -0.05) is 40.5 Å². The Kier molecular flexibility index (Phi) is 4.10. The second kappa shape index (κ2) is 5.73. The van der Waals surface area contributed by atoms with Gasteiger partial charge in [0.25, 0.3) is 0 Å². The summed E-state index contributed by atoms with van der Waals surface area (Å²) >= 11 is 0. The molecule has 142 valence electrons. The van der Waals surface area contributed by atoms with Crippen LogP contribution in [0.2, 0.25) is 0 Å². The van der Waals surface area contributed by atoms with Crippen LogP contribution in [0.25, 0.3) is 0 Å². The van der Waals surface area contributed by atoms with E-state index in [1.165, 1.54) is 51.4 Å². The SMILES string of the molecule is CCC[C@@]1(C)C[C@H]2N(C)C(=O)CC[C@]2(C)[C@H]2CC[C@]3(C)CCC[C@H]3[C@@H]21. The van der Waals surface area contributed by atoms with E-state index >= 15 is 0 Å². The molecule has 1 aliphatic heterocycles. The first-order valence-corrected chi connectivity index (χ1v) is 11.0. The van der Waals surface area contributed by atoms with Crippen molar-refractivity contribution in [3.05, 3.63) is 0 Å². The number of carbonyl (C=O) groups is 1. The fraction of sp³-hybridized carbons (Fsp3) is 0.957. The van der Waals surface area contributed by atoms with Crippen LogP contribution in [0.1, 0.15) is 91.9 Å². The second-order valence-corrected chi connectivity index (χ2v) is 11.0. The number of likely N-dealkylation sites (tertiary alicyclic amines) is 1. The molecule has 0 spiro atoms. The lowest BCUT2D eigenvalue weighted by Gasteiger charge is -2.67. The summed E-state index contributed by atoms with van der Waals surface area (Å²) < 4.78 is 0. The number of hydrogen-bond acceptors (Lipinski definition) is 1. The summed E-state index contributed by atoms with van der Waals surface area (Å²) in [4.78, 5) is 14.6. The van der Waals surface area contributed by atoms with Gasteiger partial charge in [-0.05, 0) is 78.9 Å². The largest absolute Gasteiger partial charge is 0.342 e.